The topological polar surface area (TPSA) is 43.8 Å². The second-order valence-corrected chi connectivity index (χ2v) is 6.61. The molecule has 17 heavy (non-hydrogen) atoms. The van der Waals surface area contributed by atoms with Crippen LogP contribution in [0.2, 0.25) is 0 Å². The number of nitrogens with zero attached hydrogens (tertiary/aromatic N) is 2. The molecular formula is C12H16BrN3S. The Morgan fingerprint density at radius 1 is 1.53 bits per heavy atom. The summed E-state index contributed by atoms with van der Waals surface area (Å²) in [6.07, 6.45) is 3.00. The average molecular weight is 314 g/mol. The monoisotopic (exact) mass is 313 g/mol. The van der Waals surface area contributed by atoms with Crippen molar-refractivity contribution in [2.75, 3.05) is 0 Å². The van der Waals surface area contributed by atoms with Gasteiger partial charge in [0.1, 0.15) is 5.82 Å². The summed E-state index contributed by atoms with van der Waals surface area (Å²) < 4.78 is 3.36. The number of aromatic nitrogens is 2. The third-order valence-corrected chi connectivity index (χ3v) is 4.22. The molecule has 2 N–H and O–H groups in total. The summed E-state index contributed by atoms with van der Waals surface area (Å²) in [6.45, 7) is 4.96. The molecule has 0 amide bonds. The van der Waals surface area contributed by atoms with Gasteiger partial charge in [-0.25, -0.2) is 4.98 Å². The first kappa shape index (κ1) is 12.8. The van der Waals surface area contributed by atoms with Crippen molar-refractivity contribution in [1.82, 2.24) is 9.55 Å². The van der Waals surface area contributed by atoms with Gasteiger partial charge in [-0.05, 0) is 35.0 Å². The lowest BCUT2D eigenvalue weighted by atomic mass is 10.3. The largest absolute Gasteiger partial charge is 0.329 e. The van der Waals surface area contributed by atoms with Crippen LogP contribution >= 0.6 is 27.3 Å². The molecule has 2 aromatic heterocycles. The molecule has 0 saturated heterocycles. The molecular weight excluding hydrogens is 298 g/mol. The molecule has 0 bridgehead atoms. The number of imidazole rings is 1. The molecule has 92 valence electrons. The van der Waals surface area contributed by atoms with Gasteiger partial charge in [-0.2, -0.15) is 0 Å². The van der Waals surface area contributed by atoms with E-state index in [2.05, 4.69) is 50.7 Å². The summed E-state index contributed by atoms with van der Waals surface area (Å²) >= 11 is 5.24. The molecule has 3 nitrogen and oxygen atoms in total. The number of hydrogen-bond acceptors (Lipinski definition) is 3. The highest BCUT2D eigenvalue weighted by Crippen LogP contribution is 2.23. The number of thiophene rings is 1. The summed E-state index contributed by atoms with van der Waals surface area (Å²) in [7, 11) is 0. The van der Waals surface area contributed by atoms with Crippen LogP contribution in [0.4, 0.5) is 0 Å². The lowest BCUT2D eigenvalue weighted by Gasteiger charge is -2.03. The van der Waals surface area contributed by atoms with E-state index in [-0.39, 0.29) is 6.04 Å². The lowest BCUT2D eigenvalue weighted by Crippen LogP contribution is -2.05. The maximum absolute atomic E-state index is 5.87. The third-order valence-electron chi connectivity index (χ3n) is 2.62. The molecule has 0 aliphatic heterocycles. The molecule has 0 saturated carbocycles. The average Bonchev–Trinajstić information content (AvgIpc) is 2.85. The molecule has 2 heterocycles. The molecule has 2 rings (SSSR count). The zero-order valence-corrected chi connectivity index (χ0v) is 12.4. The van der Waals surface area contributed by atoms with Crippen LogP contribution in [-0.2, 0) is 13.0 Å². The van der Waals surface area contributed by atoms with Gasteiger partial charge in [0.25, 0.3) is 0 Å². The lowest BCUT2D eigenvalue weighted by molar-refractivity contribution is 0.740. The highest BCUT2D eigenvalue weighted by Gasteiger charge is 2.10. The van der Waals surface area contributed by atoms with Crippen LogP contribution in [0.15, 0.2) is 22.1 Å². The molecule has 0 aromatic carbocycles. The normalized spacial score (nSPS) is 12.9. The fourth-order valence-electron chi connectivity index (χ4n) is 1.72. The maximum Gasteiger partial charge on any atom is 0.109 e. The van der Waals surface area contributed by atoms with Gasteiger partial charge >= 0.3 is 0 Å². The Labute approximate surface area is 114 Å². The maximum atomic E-state index is 5.87. The Bertz CT molecular complexity index is 502. The van der Waals surface area contributed by atoms with Gasteiger partial charge in [0.15, 0.2) is 0 Å². The molecule has 2 aromatic rings. The Morgan fingerprint density at radius 3 is 2.82 bits per heavy atom. The van der Waals surface area contributed by atoms with Gasteiger partial charge in [-0.1, -0.05) is 6.92 Å². The fourth-order valence-corrected chi connectivity index (χ4v) is 3.20. The van der Waals surface area contributed by atoms with E-state index in [1.54, 1.807) is 11.3 Å². The van der Waals surface area contributed by atoms with Crippen molar-refractivity contribution >= 4 is 27.3 Å². The van der Waals surface area contributed by atoms with Gasteiger partial charge in [0, 0.05) is 23.5 Å². The zero-order chi connectivity index (χ0) is 12.4. The second kappa shape index (κ2) is 5.33. The minimum atomic E-state index is -0.00313. The van der Waals surface area contributed by atoms with E-state index in [4.69, 9.17) is 5.73 Å². The van der Waals surface area contributed by atoms with Crippen molar-refractivity contribution in [2.45, 2.75) is 32.9 Å². The van der Waals surface area contributed by atoms with Crippen molar-refractivity contribution in [3.63, 3.8) is 0 Å². The zero-order valence-electron chi connectivity index (χ0n) is 9.98. The predicted molar refractivity (Wildman–Crippen MR) is 75.3 cm³/mol. The summed E-state index contributed by atoms with van der Waals surface area (Å²) in [5.74, 6) is 1.10. The van der Waals surface area contributed by atoms with E-state index in [0.29, 0.717) is 0 Å². The van der Waals surface area contributed by atoms with Crippen LogP contribution in [0.3, 0.4) is 0 Å². The van der Waals surface area contributed by atoms with Crippen LogP contribution in [0.25, 0.3) is 0 Å². The fraction of sp³-hybridized carbons (Fsp3) is 0.417. The Morgan fingerprint density at radius 2 is 2.29 bits per heavy atom. The number of nitrogens with two attached hydrogens (primary N) is 1. The van der Waals surface area contributed by atoms with E-state index in [9.17, 15) is 0 Å². The van der Waals surface area contributed by atoms with Crippen molar-refractivity contribution in [1.29, 1.82) is 0 Å². The Balaban J connectivity index is 2.25. The van der Waals surface area contributed by atoms with Crippen molar-refractivity contribution in [3.05, 3.63) is 38.5 Å². The van der Waals surface area contributed by atoms with Gasteiger partial charge in [-0.15, -0.1) is 11.3 Å². The van der Waals surface area contributed by atoms with E-state index in [1.807, 2.05) is 6.92 Å². The first-order chi connectivity index (χ1) is 8.10. The molecule has 0 radical (unpaired) electrons. The quantitative estimate of drug-likeness (QED) is 0.940. The molecule has 0 aliphatic rings. The highest BCUT2D eigenvalue weighted by atomic mass is 79.9. The van der Waals surface area contributed by atoms with Crippen LogP contribution in [0.5, 0.6) is 0 Å². The SMILES string of the molecule is CCc1nc(C(C)N)cn1Cc1ccc(Br)s1. The minimum Gasteiger partial charge on any atom is -0.329 e. The van der Waals surface area contributed by atoms with Crippen molar-refractivity contribution in [3.8, 4) is 0 Å². The van der Waals surface area contributed by atoms with Gasteiger partial charge in [0.2, 0.25) is 0 Å². The van der Waals surface area contributed by atoms with E-state index in [0.717, 1.165) is 28.3 Å². The molecule has 0 fully saturated rings. The predicted octanol–water partition coefficient (Wildman–Crippen LogP) is 3.34. The minimum absolute atomic E-state index is 0.00313. The molecule has 0 aliphatic carbocycles. The standard InChI is InChI=1S/C12H16BrN3S/c1-3-12-15-10(8(2)14)7-16(12)6-9-4-5-11(13)17-9/h4-5,7-8H,3,6,14H2,1-2H3. The first-order valence-corrected chi connectivity index (χ1v) is 7.26. The van der Waals surface area contributed by atoms with Gasteiger partial charge < -0.3 is 10.3 Å². The molecule has 1 unspecified atom stereocenters. The van der Waals surface area contributed by atoms with Crippen molar-refractivity contribution < 1.29 is 0 Å². The number of hydrogen-bond donors (Lipinski definition) is 1. The molecule has 1 atom stereocenters. The Hall–Kier alpha value is -0.650. The second-order valence-electron chi connectivity index (χ2n) is 4.06. The smallest absolute Gasteiger partial charge is 0.109 e. The van der Waals surface area contributed by atoms with Crippen LogP contribution < -0.4 is 5.73 Å². The van der Waals surface area contributed by atoms with Crippen LogP contribution in [-0.4, -0.2) is 9.55 Å². The number of halogens is 1. The van der Waals surface area contributed by atoms with Gasteiger partial charge in [-0.3, -0.25) is 0 Å². The first-order valence-electron chi connectivity index (χ1n) is 5.66. The van der Waals surface area contributed by atoms with E-state index >= 15 is 0 Å². The summed E-state index contributed by atoms with van der Waals surface area (Å²) in [6, 6.07) is 4.21. The summed E-state index contributed by atoms with van der Waals surface area (Å²) in [5.41, 5.74) is 6.84. The number of aryl methyl sites for hydroxylation is 1. The van der Waals surface area contributed by atoms with Crippen molar-refractivity contribution in [2.24, 2.45) is 5.73 Å². The third kappa shape index (κ3) is 2.97. The Kier molecular flexibility index (Phi) is 4.01. The highest BCUT2D eigenvalue weighted by molar-refractivity contribution is 9.11. The number of rotatable bonds is 4. The summed E-state index contributed by atoms with van der Waals surface area (Å²) in [5, 5.41) is 0. The van der Waals surface area contributed by atoms with Gasteiger partial charge in [0.05, 0.1) is 16.0 Å². The van der Waals surface area contributed by atoms with Crippen LogP contribution in [0.1, 0.15) is 36.3 Å². The van der Waals surface area contributed by atoms with E-state index in [1.165, 1.54) is 4.88 Å². The van der Waals surface area contributed by atoms with E-state index < -0.39 is 0 Å². The summed E-state index contributed by atoms with van der Waals surface area (Å²) in [4.78, 5) is 5.88. The molecule has 0 spiro atoms. The van der Waals surface area contributed by atoms with Crippen LogP contribution in [0, 0.1) is 0 Å². The molecule has 5 heteroatoms.